The van der Waals surface area contributed by atoms with Gasteiger partial charge in [0.15, 0.2) is 12.1 Å². The number of carbonyl (C=O) groups is 1. The molecule has 4 aliphatic rings. The largest absolute Gasteiger partial charge is 0.479 e. The zero-order chi connectivity index (χ0) is 27.6. The van der Waals surface area contributed by atoms with Crippen LogP contribution in [0.2, 0.25) is 0 Å². The van der Waals surface area contributed by atoms with E-state index >= 15 is 0 Å². The van der Waals surface area contributed by atoms with Gasteiger partial charge in [-0.1, -0.05) is 13.0 Å². The van der Waals surface area contributed by atoms with Gasteiger partial charge in [0.2, 0.25) is 5.96 Å². The fourth-order valence-corrected chi connectivity index (χ4v) is 5.46. The van der Waals surface area contributed by atoms with Gasteiger partial charge in [-0.3, -0.25) is 0 Å². The number of allylic oxidation sites excluding steroid dienone is 2. The number of halogens is 5. The summed E-state index contributed by atoms with van der Waals surface area (Å²) in [5.74, 6) is -4.44. The molecule has 5 rings (SSSR count). The van der Waals surface area contributed by atoms with Crippen molar-refractivity contribution in [2.24, 2.45) is 10.4 Å². The maximum atomic E-state index is 14.6. The number of alkyl halides is 5. The van der Waals surface area contributed by atoms with Crippen LogP contribution in [0.1, 0.15) is 48.9 Å². The highest BCUT2D eigenvalue weighted by atomic mass is 19.4. The molecule has 3 heterocycles. The quantitative estimate of drug-likeness (QED) is 0.467. The lowest BCUT2D eigenvalue weighted by molar-refractivity contribution is -0.157. The molecule has 2 atom stereocenters. The molecule has 2 unspecified atom stereocenters. The first kappa shape index (κ1) is 26.1. The highest BCUT2D eigenvalue weighted by Gasteiger charge is 2.50. The maximum absolute atomic E-state index is 14.6. The number of likely N-dealkylation sites (tertiary alicyclic amines) is 1. The smallest absolute Gasteiger partial charge is 0.412 e. The number of aliphatic carboxylic acids is 1. The molecular formula is C26H28F5N5O2. The van der Waals surface area contributed by atoms with E-state index in [0.717, 1.165) is 31.4 Å². The van der Waals surface area contributed by atoms with Crippen molar-refractivity contribution < 1.29 is 31.9 Å². The maximum Gasteiger partial charge on any atom is 0.412 e. The molecular weight excluding hydrogens is 509 g/mol. The first-order valence-electron chi connectivity index (χ1n) is 12.2. The van der Waals surface area contributed by atoms with Crippen LogP contribution in [0.5, 0.6) is 0 Å². The summed E-state index contributed by atoms with van der Waals surface area (Å²) in [6, 6.07) is -2.07. The third-order valence-corrected chi connectivity index (χ3v) is 7.77. The van der Waals surface area contributed by atoms with E-state index in [1.54, 1.807) is 11.9 Å². The molecule has 1 saturated heterocycles. The van der Waals surface area contributed by atoms with Crippen LogP contribution in [0, 0.1) is 5.41 Å². The molecule has 38 heavy (non-hydrogen) atoms. The predicted molar refractivity (Wildman–Crippen MR) is 131 cm³/mol. The Kier molecular flexibility index (Phi) is 5.99. The van der Waals surface area contributed by atoms with Crippen molar-refractivity contribution in [1.82, 2.24) is 20.4 Å². The minimum absolute atomic E-state index is 0.0608. The van der Waals surface area contributed by atoms with Gasteiger partial charge < -0.3 is 25.5 Å². The third-order valence-electron chi connectivity index (χ3n) is 7.77. The lowest BCUT2D eigenvalue weighted by atomic mass is 9.63. The molecule has 12 heteroatoms. The second-order valence-electron chi connectivity index (χ2n) is 10.5. The SMILES string of the molecule is C=C1c2cc(C(C)(F)F)cc(C(NC3=CC=CNC3C(=O)O)C(F)(F)F)c2N=C(N2CC3(CCC3)C2)N1C. The summed E-state index contributed by atoms with van der Waals surface area (Å²) in [6.07, 6.45) is 2.19. The van der Waals surface area contributed by atoms with Crippen LogP contribution in [0.4, 0.5) is 27.6 Å². The second-order valence-corrected chi connectivity index (χ2v) is 10.5. The highest BCUT2D eigenvalue weighted by Crippen LogP contribution is 2.51. The van der Waals surface area contributed by atoms with Crippen molar-refractivity contribution in [3.8, 4) is 0 Å². The van der Waals surface area contributed by atoms with Crippen LogP contribution < -0.4 is 10.6 Å². The van der Waals surface area contributed by atoms with E-state index in [0.29, 0.717) is 26.0 Å². The standard InChI is InChI=1S/C26H28F5N5O2/c1-14-16-10-15(24(2,27)28)11-17(19(16)34-23(35(14)3)36-12-25(13-36)7-5-8-25)21(26(29,30)31)33-18-6-4-9-32-20(18)22(37)38/h4,6,9-11,20-21,32-33H,1,5,7-8,12-13H2,2-3H3,(H,37,38). The van der Waals surface area contributed by atoms with E-state index in [1.165, 1.54) is 18.4 Å². The summed E-state index contributed by atoms with van der Waals surface area (Å²) in [7, 11) is 1.66. The van der Waals surface area contributed by atoms with Crippen molar-refractivity contribution >= 4 is 23.3 Å². The zero-order valence-corrected chi connectivity index (χ0v) is 20.9. The molecule has 0 bridgehead atoms. The minimum Gasteiger partial charge on any atom is -0.479 e. The molecule has 1 aliphatic carbocycles. The molecule has 1 aromatic carbocycles. The van der Waals surface area contributed by atoms with Gasteiger partial charge in [0.25, 0.3) is 5.92 Å². The Hall–Kier alpha value is -3.57. The van der Waals surface area contributed by atoms with Crippen LogP contribution in [0.15, 0.2) is 47.8 Å². The molecule has 1 saturated carbocycles. The second kappa shape index (κ2) is 8.74. The van der Waals surface area contributed by atoms with Gasteiger partial charge in [-0.05, 0) is 43.3 Å². The summed E-state index contributed by atoms with van der Waals surface area (Å²) >= 11 is 0. The molecule has 204 valence electrons. The van der Waals surface area contributed by atoms with E-state index in [-0.39, 0.29) is 28.1 Å². The number of guanidine groups is 1. The third kappa shape index (κ3) is 4.39. The number of hydrogen-bond acceptors (Lipinski definition) is 6. The summed E-state index contributed by atoms with van der Waals surface area (Å²) < 4.78 is 72.8. The molecule has 0 radical (unpaired) electrons. The first-order chi connectivity index (χ1) is 17.7. The Labute approximate surface area is 216 Å². The van der Waals surface area contributed by atoms with Crippen molar-refractivity contribution in [3.63, 3.8) is 0 Å². The van der Waals surface area contributed by atoms with Gasteiger partial charge in [-0.25, -0.2) is 18.6 Å². The van der Waals surface area contributed by atoms with Gasteiger partial charge in [-0.2, -0.15) is 13.2 Å². The summed E-state index contributed by atoms with van der Waals surface area (Å²) in [5.41, 5.74) is -1.03. The normalized spacial score (nSPS) is 23.0. The average Bonchev–Trinajstić information content (AvgIpc) is 2.77. The van der Waals surface area contributed by atoms with Crippen LogP contribution in [0.25, 0.3) is 5.70 Å². The predicted octanol–water partition coefficient (Wildman–Crippen LogP) is 4.83. The van der Waals surface area contributed by atoms with Crippen molar-refractivity contribution in [2.75, 3.05) is 20.1 Å². The van der Waals surface area contributed by atoms with E-state index in [9.17, 15) is 31.9 Å². The lowest BCUT2D eigenvalue weighted by Crippen LogP contribution is -2.63. The Morgan fingerprint density at radius 2 is 1.95 bits per heavy atom. The molecule has 3 aliphatic heterocycles. The number of nitrogens with one attached hydrogen (secondary N) is 2. The first-order valence-corrected chi connectivity index (χ1v) is 12.2. The number of aliphatic imine (C=N–C) groups is 1. The van der Waals surface area contributed by atoms with E-state index in [2.05, 4.69) is 22.2 Å². The number of benzene rings is 1. The molecule has 0 aromatic heterocycles. The zero-order valence-electron chi connectivity index (χ0n) is 20.9. The van der Waals surface area contributed by atoms with Gasteiger partial charge in [0.05, 0.1) is 5.69 Å². The van der Waals surface area contributed by atoms with E-state index < -0.39 is 41.3 Å². The fourth-order valence-electron chi connectivity index (χ4n) is 5.46. The topological polar surface area (TPSA) is 80.2 Å². The number of carboxylic acids is 1. The summed E-state index contributed by atoms with van der Waals surface area (Å²) in [6.45, 7) is 6.03. The monoisotopic (exact) mass is 537 g/mol. The minimum atomic E-state index is -4.98. The van der Waals surface area contributed by atoms with Gasteiger partial charge in [-0.15, -0.1) is 0 Å². The van der Waals surface area contributed by atoms with E-state index in [1.807, 2.05) is 4.90 Å². The van der Waals surface area contributed by atoms with Crippen molar-refractivity contribution in [2.45, 2.75) is 50.4 Å². The van der Waals surface area contributed by atoms with Crippen LogP contribution in [0.3, 0.4) is 0 Å². The molecule has 2 fully saturated rings. The Balaban J connectivity index is 1.64. The summed E-state index contributed by atoms with van der Waals surface area (Å²) in [5, 5.41) is 14.3. The number of nitrogens with zero attached hydrogens (tertiary/aromatic N) is 3. The number of carboxylic acid groups (broad SMARTS) is 1. The lowest BCUT2D eigenvalue weighted by Gasteiger charge is -2.58. The number of dihydropyridines is 1. The van der Waals surface area contributed by atoms with Crippen molar-refractivity contribution in [1.29, 1.82) is 0 Å². The highest BCUT2D eigenvalue weighted by molar-refractivity contribution is 5.97. The van der Waals surface area contributed by atoms with Crippen LogP contribution >= 0.6 is 0 Å². The van der Waals surface area contributed by atoms with Gasteiger partial charge in [0, 0.05) is 60.6 Å². The molecule has 1 aromatic rings. The fraction of sp³-hybridized carbons (Fsp3) is 0.462. The molecule has 1 spiro atoms. The van der Waals surface area contributed by atoms with Crippen molar-refractivity contribution in [3.05, 3.63) is 59.5 Å². The Bertz CT molecular complexity index is 1270. The average molecular weight is 538 g/mol. The summed E-state index contributed by atoms with van der Waals surface area (Å²) in [4.78, 5) is 19.8. The Morgan fingerprint density at radius 3 is 2.50 bits per heavy atom. The molecule has 3 N–H and O–H groups in total. The van der Waals surface area contributed by atoms with E-state index in [4.69, 9.17) is 0 Å². The number of fused-ring (bicyclic) bond motifs is 1. The molecule has 7 nitrogen and oxygen atoms in total. The Morgan fingerprint density at radius 1 is 1.26 bits per heavy atom. The van der Waals surface area contributed by atoms with Gasteiger partial charge >= 0.3 is 12.1 Å². The van der Waals surface area contributed by atoms with Crippen LogP contribution in [-0.2, 0) is 10.7 Å². The number of hydrogen-bond donors (Lipinski definition) is 3. The molecule has 0 amide bonds. The van der Waals surface area contributed by atoms with Crippen LogP contribution in [-0.4, -0.2) is 59.2 Å². The number of rotatable bonds is 5. The van der Waals surface area contributed by atoms with Gasteiger partial charge in [0.1, 0.15) is 0 Å².